The molecule has 2 aromatic carbocycles. The Morgan fingerprint density at radius 2 is 1.80 bits per heavy atom. The van der Waals surface area contributed by atoms with Gasteiger partial charge in [0.25, 0.3) is 0 Å². The number of aromatic nitrogens is 1. The molecular weight excluding hydrogens is 332 g/mol. The Labute approximate surface area is 152 Å². The van der Waals surface area contributed by atoms with Crippen LogP contribution in [-0.2, 0) is 6.54 Å². The highest BCUT2D eigenvalue weighted by Gasteiger charge is 2.18. The van der Waals surface area contributed by atoms with Crippen LogP contribution in [0.15, 0.2) is 64.8 Å². The van der Waals surface area contributed by atoms with Gasteiger partial charge in [0.05, 0.1) is 5.52 Å². The summed E-state index contributed by atoms with van der Waals surface area (Å²) in [6, 6.07) is 17.8. The van der Waals surface area contributed by atoms with Crippen LogP contribution in [0.5, 0.6) is 5.88 Å². The first-order valence-corrected chi connectivity index (χ1v) is 8.54. The molecule has 0 atom stereocenters. The molecule has 3 rings (SSSR count). The van der Waals surface area contributed by atoms with Gasteiger partial charge in [-0.05, 0) is 37.7 Å². The van der Waals surface area contributed by atoms with Crippen molar-refractivity contribution < 1.29 is 5.11 Å². The Morgan fingerprint density at radius 3 is 2.52 bits per heavy atom. The molecule has 0 bridgehead atoms. The monoisotopic (exact) mass is 352 g/mol. The van der Waals surface area contributed by atoms with E-state index in [-0.39, 0.29) is 17.0 Å². The fourth-order valence-electron chi connectivity index (χ4n) is 2.76. The number of fused-ring (bicyclic) bond motifs is 1. The minimum absolute atomic E-state index is 0.103. The number of thiocarbonyl (C=S) groups is 1. The SMILES string of the molecule is CC(C)n1c(O)c(N=NC(=S)NCc2ccccc2)c2ccccc21. The second-order valence-electron chi connectivity index (χ2n) is 6.00. The third-order valence-electron chi connectivity index (χ3n) is 3.90. The van der Waals surface area contributed by atoms with E-state index in [1.54, 1.807) is 0 Å². The van der Waals surface area contributed by atoms with E-state index in [2.05, 4.69) is 15.5 Å². The van der Waals surface area contributed by atoms with Gasteiger partial charge in [-0.15, -0.1) is 10.2 Å². The molecular formula is C19H20N4OS. The zero-order valence-corrected chi connectivity index (χ0v) is 15.0. The molecule has 0 saturated carbocycles. The van der Waals surface area contributed by atoms with Crippen molar-refractivity contribution in [3.8, 4) is 5.88 Å². The van der Waals surface area contributed by atoms with E-state index in [0.717, 1.165) is 16.5 Å². The van der Waals surface area contributed by atoms with E-state index < -0.39 is 0 Å². The van der Waals surface area contributed by atoms with Crippen LogP contribution in [0.1, 0.15) is 25.5 Å². The highest BCUT2D eigenvalue weighted by Crippen LogP contribution is 2.40. The van der Waals surface area contributed by atoms with Crippen LogP contribution in [-0.4, -0.2) is 14.8 Å². The minimum atomic E-state index is 0.103. The van der Waals surface area contributed by atoms with Gasteiger partial charge in [-0.3, -0.25) is 0 Å². The lowest BCUT2D eigenvalue weighted by molar-refractivity contribution is 0.407. The van der Waals surface area contributed by atoms with Crippen LogP contribution in [0.4, 0.5) is 5.69 Å². The Hall–Kier alpha value is -2.73. The zero-order chi connectivity index (χ0) is 17.8. The van der Waals surface area contributed by atoms with Crippen molar-refractivity contribution >= 4 is 33.9 Å². The maximum absolute atomic E-state index is 10.5. The molecule has 0 unspecified atom stereocenters. The van der Waals surface area contributed by atoms with Crippen LogP contribution in [0.3, 0.4) is 0 Å². The van der Waals surface area contributed by atoms with Crippen LogP contribution < -0.4 is 5.32 Å². The lowest BCUT2D eigenvalue weighted by atomic mass is 10.2. The fraction of sp³-hybridized carbons (Fsp3) is 0.211. The van der Waals surface area contributed by atoms with Gasteiger partial charge in [0.1, 0.15) is 0 Å². The summed E-state index contributed by atoms with van der Waals surface area (Å²) < 4.78 is 1.84. The van der Waals surface area contributed by atoms with E-state index in [1.165, 1.54) is 0 Å². The number of nitrogens with zero attached hydrogens (tertiary/aromatic N) is 3. The van der Waals surface area contributed by atoms with Crippen molar-refractivity contribution in [3.63, 3.8) is 0 Å². The van der Waals surface area contributed by atoms with Crippen LogP contribution in [0.25, 0.3) is 10.9 Å². The molecule has 1 aromatic heterocycles. The molecule has 0 fully saturated rings. The summed E-state index contributed by atoms with van der Waals surface area (Å²) in [7, 11) is 0. The molecule has 25 heavy (non-hydrogen) atoms. The molecule has 0 radical (unpaired) electrons. The third-order valence-corrected chi connectivity index (χ3v) is 4.13. The summed E-state index contributed by atoms with van der Waals surface area (Å²) in [6.45, 7) is 4.61. The molecule has 0 aliphatic heterocycles. The first-order valence-electron chi connectivity index (χ1n) is 8.13. The lowest BCUT2D eigenvalue weighted by Crippen LogP contribution is -2.18. The third kappa shape index (κ3) is 3.69. The molecule has 5 nitrogen and oxygen atoms in total. The van der Waals surface area contributed by atoms with Crippen molar-refractivity contribution in [3.05, 3.63) is 60.2 Å². The second kappa shape index (κ2) is 7.44. The molecule has 2 N–H and O–H groups in total. The number of aromatic hydroxyl groups is 1. The summed E-state index contributed by atoms with van der Waals surface area (Å²) in [6.07, 6.45) is 0. The number of benzene rings is 2. The van der Waals surface area contributed by atoms with E-state index in [9.17, 15) is 5.11 Å². The molecule has 1 heterocycles. The highest BCUT2D eigenvalue weighted by molar-refractivity contribution is 7.80. The predicted molar refractivity (Wildman–Crippen MR) is 104 cm³/mol. The normalized spacial score (nSPS) is 11.5. The van der Waals surface area contributed by atoms with Gasteiger partial charge in [0.2, 0.25) is 11.0 Å². The van der Waals surface area contributed by atoms with E-state index >= 15 is 0 Å². The van der Waals surface area contributed by atoms with Crippen molar-refractivity contribution in [1.82, 2.24) is 9.88 Å². The van der Waals surface area contributed by atoms with E-state index in [1.807, 2.05) is 73.0 Å². The lowest BCUT2D eigenvalue weighted by Gasteiger charge is -2.10. The highest BCUT2D eigenvalue weighted by atomic mass is 32.1. The van der Waals surface area contributed by atoms with Gasteiger partial charge in [-0.1, -0.05) is 48.5 Å². The molecule has 0 amide bonds. The van der Waals surface area contributed by atoms with Gasteiger partial charge in [-0.25, -0.2) is 0 Å². The van der Waals surface area contributed by atoms with E-state index in [4.69, 9.17) is 12.2 Å². The summed E-state index contributed by atoms with van der Waals surface area (Å²) >= 11 is 5.22. The number of nitrogens with one attached hydrogen (secondary N) is 1. The number of para-hydroxylation sites is 1. The number of hydrogen-bond acceptors (Lipinski definition) is 3. The van der Waals surface area contributed by atoms with Crippen molar-refractivity contribution in [2.24, 2.45) is 10.2 Å². The maximum atomic E-state index is 10.5. The smallest absolute Gasteiger partial charge is 0.221 e. The zero-order valence-electron chi connectivity index (χ0n) is 14.2. The largest absolute Gasteiger partial charge is 0.493 e. The van der Waals surface area contributed by atoms with Gasteiger partial charge < -0.3 is 15.0 Å². The molecule has 3 aromatic rings. The van der Waals surface area contributed by atoms with Gasteiger partial charge >= 0.3 is 0 Å². The molecule has 0 aliphatic carbocycles. The quantitative estimate of drug-likeness (QED) is 0.508. The first kappa shape index (κ1) is 17.1. The summed E-state index contributed by atoms with van der Waals surface area (Å²) in [5.74, 6) is 0.103. The molecule has 128 valence electrons. The van der Waals surface area contributed by atoms with Gasteiger partial charge in [-0.2, -0.15) is 0 Å². The second-order valence-corrected chi connectivity index (χ2v) is 6.38. The van der Waals surface area contributed by atoms with Crippen LogP contribution >= 0.6 is 12.2 Å². The number of azo groups is 1. The van der Waals surface area contributed by atoms with Crippen molar-refractivity contribution in [1.29, 1.82) is 0 Å². The standard InChI is InChI=1S/C19H20N4OS/c1-13(2)23-16-11-7-6-10-15(16)17(18(23)24)21-22-19(25)20-12-14-8-4-3-5-9-14/h3-11,13,24H,12H2,1-2H3,(H,20,25). The van der Waals surface area contributed by atoms with Gasteiger partial charge in [0, 0.05) is 18.0 Å². The summed E-state index contributed by atoms with van der Waals surface area (Å²) in [5.41, 5.74) is 2.47. The van der Waals surface area contributed by atoms with E-state index in [0.29, 0.717) is 12.2 Å². The predicted octanol–water partition coefficient (Wildman–Crippen LogP) is 5.09. The number of hydrogen-bond donors (Lipinski definition) is 2. The van der Waals surface area contributed by atoms with Crippen LogP contribution in [0.2, 0.25) is 0 Å². The molecule has 6 heteroatoms. The molecule has 0 aliphatic rings. The van der Waals surface area contributed by atoms with Crippen molar-refractivity contribution in [2.75, 3.05) is 0 Å². The average Bonchev–Trinajstić information content (AvgIpc) is 2.90. The minimum Gasteiger partial charge on any atom is -0.493 e. The molecule has 0 saturated heterocycles. The molecule has 0 spiro atoms. The Kier molecular flexibility index (Phi) is 5.09. The van der Waals surface area contributed by atoms with Gasteiger partial charge in [0.15, 0.2) is 5.69 Å². The van der Waals surface area contributed by atoms with Crippen molar-refractivity contribution in [2.45, 2.75) is 26.4 Å². The summed E-state index contributed by atoms with van der Waals surface area (Å²) in [4.78, 5) is 0. The first-order chi connectivity index (χ1) is 12.1. The maximum Gasteiger partial charge on any atom is 0.221 e. The topological polar surface area (TPSA) is 61.9 Å². The Bertz CT molecular complexity index is 916. The fourth-order valence-corrected chi connectivity index (χ4v) is 2.87. The summed E-state index contributed by atoms with van der Waals surface area (Å²) in [5, 5.41) is 23.0. The Morgan fingerprint density at radius 1 is 1.12 bits per heavy atom. The van der Waals surface area contributed by atoms with Crippen LogP contribution in [0, 0.1) is 0 Å². The average molecular weight is 352 g/mol. The number of rotatable bonds is 4. The Balaban J connectivity index is 1.81.